The number of pyridine rings is 1. The molecule has 0 atom stereocenters. The largest absolute Gasteiger partial charge is 0.434 e. The smallest absolute Gasteiger partial charge is 0.234 e. The predicted octanol–water partition coefficient (Wildman–Crippen LogP) is 3.97. The quantitative estimate of drug-likeness (QED) is 0.768. The molecule has 1 aromatic carbocycles. The molecule has 1 N–H and O–H groups in total. The molecule has 2 aromatic heterocycles. The maximum absolute atomic E-state index is 11.9. The van der Waals surface area contributed by atoms with Crippen LogP contribution in [-0.4, -0.2) is 26.9 Å². The molecule has 118 valence electrons. The summed E-state index contributed by atoms with van der Waals surface area (Å²) in [5, 5.41) is 3.33. The van der Waals surface area contributed by atoms with Crippen molar-refractivity contribution in [3.8, 4) is 11.5 Å². The zero-order valence-corrected chi connectivity index (χ0v) is 13.8. The first-order valence-corrected chi connectivity index (χ1v) is 8.40. The molecule has 23 heavy (non-hydrogen) atoms. The van der Waals surface area contributed by atoms with E-state index in [0.29, 0.717) is 28.1 Å². The van der Waals surface area contributed by atoms with Crippen molar-refractivity contribution in [1.29, 1.82) is 0 Å². The molecular weight excluding hydrogens is 310 g/mol. The highest BCUT2D eigenvalue weighted by molar-refractivity contribution is 8.00. The average molecular weight is 327 g/mol. The lowest BCUT2D eigenvalue weighted by Gasteiger charge is -2.07. The molecule has 1 amide bonds. The minimum atomic E-state index is -0.0138. The molecular formula is C17H17N3O2S. The topological polar surface area (TPSA) is 68.0 Å². The van der Waals surface area contributed by atoms with E-state index in [1.165, 1.54) is 0 Å². The summed E-state index contributed by atoms with van der Waals surface area (Å²) in [7, 11) is 0. The first-order chi connectivity index (χ1) is 11.1. The zero-order valence-electron chi connectivity index (χ0n) is 12.9. The average Bonchev–Trinajstić information content (AvgIpc) is 2.97. The molecule has 0 saturated carbocycles. The van der Waals surface area contributed by atoms with Crippen molar-refractivity contribution in [1.82, 2.24) is 9.97 Å². The van der Waals surface area contributed by atoms with Crippen LogP contribution in [0.1, 0.15) is 13.8 Å². The minimum absolute atomic E-state index is 0.0138. The molecule has 0 aliphatic heterocycles. The fourth-order valence-corrected chi connectivity index (χ4v) is 2.62. The first kappa shape index (κ1) is 15.6. The number of anilines is 1. The number of benzene rings is 1. The Morgan fingerprint density at radius 1 is 1.30 bits per heavy atom. The van der Waals surface area contributed by atoms with Crippen LogP contribution in [0.15, 0.2) is 47.0 Å². The number of carbonyl (C=O) groups is 1. The summed E-state index contributed by atoms with van der Waals surface area (Å²) < 4.78 is 5.70. The van der Waals surface area contributed by atoms with E-state index in [2.05, 4.69) is 29.1 Å². The van der Waals surface area contributed by atoms with Gasteiger partial charge in [0.05, 0.1) is 5.75 Å². The summed E-state index contributed by atoms with van der Waals surface area (Å²) in [6.07, 6.45) is 1.68. The summed E-state index contributed by atoms with van der Waals surface area (Å²) in [5.41, 5.74) is 2.75. The van der Waals surface area contributed by atoms with Crippen molar-refractivity contribution in [2.75, 3.05) is 11.1 Å². The van der Waals surface area contributed by atoms with Gasteiger partial charge >= 0.3 is 0 Å². The van der Waals surface area contributed by atoms with E-state index < -0.39 is 0 Å². The molecule has 6 heteroatoms. The minimum Gasteiger partial charge on any atom is -0.434 e. The number of nitrogens with zero attached hydrogens (tertiary/aromatic N) is 2. The lowest BCUT2D eigenvalue weighted by Crippen LogP contribution is -2.15. The monoisotopic (exact) mass is 327 g/mol. The van der Waals surface area contributed by atoms with Gasteiger partial charge in [-0.25, -0.2) is 4.98 Å². The number of rotatable bonds is 5. The maximum atomic E-state index is 11.9. The Bertz CT molecular complexity index is 796. The Morgan fingerprint density at radius 2 is 2.17 bits per heavy atom. The van der Waals surface area contributed by atoms with Crippen LogP contribution in [0.2, 0.25) is 0 Å². The van der Waals surface area contributed by atoms with E-state index >= 15 is 0 Å². The number of aromatic nitrogens is 2. The highest BCUT2D eigenvalue weighted by Crippen LogP contribution is 2.25. The van der Waals surface area contributed by atoms with Crippen molar-refractivity contribution < 1.29 is 9.21 Å². The Kier molecular flexibility index (Phi) is 4.62. The van der Waals surface area contributed by atoms with Gasteiger partial charge in [-0.1, -0.05) is 19.9 Å². The molecule has 0 fully saturated rings. The summed E-state index contributed by atoms with van der Waals surface area (Å²) in [4.78, 5) is 20.5. The molecule has 0 aliphatic rings. The first-order valence-electron chi connectivity index (χ1n) is 7.35. The fourth-order valence-electron chi connectivity index (χ4n) is 2.06. The van der Waals surface area contributed by atoms with Crippen molar-refractivity contribution in [2.24, 2.45) is 0 Å². The van der Waals surface area contributed by atoms with E-state index in [0.717, 1.165) is 11.3 Å². The molecule has 0 aliphatic carbocycles. The summed E-state index contributed by atoms with van der Waals surface area (Å²) in [6, 6.07) is 11.1. The third-order valence-corrected chi connectivity index (χ3v) is 4.20. The molecule has 0 radical (unpaired) electrons. The van der Waals surface area contributed by atoms with Gasteiger partial charge in [-0.3, -0.25) is 4.79 Å². The van der Waals surface area contributed by atoms with Crippen molar-refractivity contribution in [3.05, 3.63) is 42.6 Å². The zero-order chi connectivity index (χ0) is 16.2. The van der Waals surface area contributed by atoms with Crippen molar-refractivity contribution in [2.45, 2.75) is 19.1 Å². The summed E-state index contributed by atoms with van der Waals surface area (Å²) in [5.74, 6) is 0.917. The third-order valence-electron chi connectivity index (χ3n) is 3.11. The van der Waals surface area contributed by atoms with Gasteiger partial charge in [-0.15, -0.1) is 11.8 Å². The summed E-state index contributed by atoms with van der Waals surface area (Å²) in [6.45, 7) is 4.14. The predicted molar refractivity (Wildman–Crippen MR) is 93.5 cm³/mol. The van der Waals surface area contributed by atoms with Gasteiger partial charge < -0.3 is 9.73 Å². The van der Waals surface area contributed by atoms with E-state index in [1.54, 1.807) is 24.0 Å². The molecule has 5 nitrogen and oxygen atoms in total. The van der Waals surface area contributed by atoms with Gasteiger partial charge in [-0.2, -0.15) is 4.98 Å². The number of thioether (sulfide) groups is 1. The molecule has 2 heterocycles. The van der Waals surface area contributed by atoms with Gasteiger partial charge in [0.25, 0.3) is 0 Å². The van der Waals surface area contributed by atoms with Crippen LogP contribution >= 0.6 is 11.8 Å². The second kappa shape index (κ2) is 6.83. The van der Waals surface area contributed by atoms with Crippen molar-refractivity contribution in [3.63, 3.8) is 0 Å². The summed E-state index contributed by atoms with van der Waals surface area (Å²) >= 11 is 1.61. The Hall–Kier alpha value is -2.34. The van der Waals surface area contributed by atoms with Gasteiger partial charge in [0.15, 0.2) is 11.2 Å². The Balaban J connectivity index is 1.78. The van der Waals surface area contributed by atoms with Gasteiger partial charge in [0.1, 0.15) is 0 Å². The van der Waals surface area contributed by atoms with Gasteiger partial charge in [0.2, 0.25) is 11.8 Å². The van der Waals surface area contributed by atoms with Crippen LogP contribution in [0.5, 0.6) is 0 Å². The number of amides is 1. The number of nitrogens with one attached hydrogen (secondary N) is 1. The van der Waals surface area contributed by atoms with E-state index in [9.17, 15) is 4.79 Å². The van der Waals surface area contributed by atoms with Gasteiger partial charge in [-0.05, 0) is 35.6 Å². The lowest BCUT2D eigenvalue weighted by atomic mass is 10.2. The highest BCUT2D eigenvalue weighted by Gasteiger charge is 2.10. The van der Waals surface area contributed by atoms with Gasteiger partial charge in [0, 0.05) is 17.4 Å². The number of oxazole rings is 1. The van der Waals surface area contributed by atoms with E-state index in [4.69, 9.17) is 4.42 Å². The standard InChI is InChI=1S/C17H17N3O2S/c1-11(2)23-10-15(21)19-13-6-3-5-12(9-13)17-20-16-14(22-17)7-4-8-18-16/h3-9,11H,10H2,1-2H3,(H,19,21). The SMILES string of the molecule is CC(C)SCC(=O)Nc1cccc(-c2nc3ncccc3o2)c1. The van der Waals surface area contributed by atoms with Crippen LogP contribution in [0.3, 0.4) is 0 Å². The van der Waals surface area contributed by atoms with Crippen LogP contribution in [0.25, 0.3) is 22.7 Å². The van der Waals surface area contributed by atoms with E-state index in [-0.39, 0.29) is 5.91 Å². The Labute approximate surface area is 138 Å². The lowest BCUT2D eigenvalue weighted by molar-refractivity contribution is -0.113. The molecule has 3 aromatic rings. The van der Waals surface area contributed by atoms with Crippen LogP contribution in [0.4, 0.5) is 5.69 Å². The normalized spacial score (nSPS) is 11.1. The molecule has 0 bridgehead atoms. The molecule has 0 spiro atoms. The highest BCUT2D eigenvalue weighted by atomic mass is 32.2. The number of fused-ring (bicyclic) bond motifs is 1. The van der Waals surface area contributed by atoms with Crippen LogP contribution in [-0.2, 0) is 4.79 Å². The molecule has 0 saturated heterocycles. The maximum Gasteiger partial charge on any atom is 0.234 e. The number of hydrogen-bond donors (Lipinski definition) is 1. The fraction of sp³-hybridized carbons (Fsp3) is 0.235. The molecule has 3 rings (SSSR count). The third kappa shape index (κ3) is 3.90. The van der Waals surface area contributed by atoms with Crippen molar-refractivity contribution >= 4 is 34.6 Å². The van der Waals surface area contributed by atoms with E-state index in [1.807, 2.05) is 30.3 Å². The number of carbonyl (C=O) groups excluding carboxylic acids is 1. The molecule has 0 unspecified atom stereocenters. The second-order valence-corrected chi connectivity index (χ2v) is 6.90. The van der Waals surface area contributed by atoms with Crippen LogP contribution in [0, 0.1) is 0 Å². The Morgan fingerprint density at radius 3 is 2.96 bits per heavy atom. The number of hydrogen-bond acceptors (Lipinski definition) is 5. The second-order valence-electron chi connectivity index (χ2n) is 5.33. The van der Waals surface area contributed by atoms with Crippen LogP contribution < -0.4 is 5.32 Å².